The summed E-state index contributed by atoms with van der Waals surface area (Å²) < 4.78 is 7.73. The number of ether oxygens (including phenoxy) is 1. The molecule has 3 aromatic heterocycles. The second-order valence-electron chi connectivity index (χ2n) is 5.98. The first-order chi connectivity index (χ1) is 11.8. The van der Waals surface area contributed by atoms with Crippen molar-refractivity contribution in [2.24, 2.45) is 0 Å². The second kappa shape index (κ2) is 6.84. The van der Waals surface area contributed by atoms with E-state index in [1.165, 1.54) is 11.3 Å². The number of carbonyl (C=O) groups is 1. The summed E-state index contributed by atoms with van der Waals surface area (Å²) in [7, 11) is 0. The van der Waals surface area contributed by atoms with Crippen LogP contribution in [0.3, 0.4) is 0 Å². The van der Waals surface area contributed by atoms with E-state index >= 15 is 0 Å². The van der Waals surface area contributed by atoms with Crippen molar-refractivity contribution in [2.45, 2.75) is 19.0 Å². The summed E-state index contributed by atoms with van der Waals surface area (Å²) >= 11 is 1.51. The van der Waals surface area contributed by atoms with Crippen molar-refractivity contribution in [2.75, 3.05) is 19.8 Å². The van der Waals surface area contributed by atoms with Crippen LogP contribution < -0.4 is 0 Å². The number of nitrogens with zero attached hydrogens (tertiary/aromatic N) is 3. The highest BCUT2D eigenvalue weighted by Gasteiger charge is 2.26. The smallest absolute Gasteiger partial charge is 0.174 e. The lowest BCUT2D eigenvalue weighted by atomic mass is 10.1. The molecular formula is C18H19N3O2S. The number of rotatable bonds is 5. The lowest BCUT2D eigenvalue weighted by Gasteiger charge is -2.35. The second-order valence-corrected chi connectivity index (χ2v) is 6.93. The number of imidazole rings is 1. The normalized spacial score (nSPS) is 18.9. The summed E-state index contributed by atoms with van der Waals surface area (Å²) in [5.74, 6) is 0.198. The third-order valence-corrected chi connectivity index (χ3v) is 5.34. The third kappa shape index (κ3) is 3.13. The number of carbonyl (C=O) groups excluding carboxylic acids is 1. The predicted octanol–water partition coefficient (Wildman–Crippen LogP) is 2.87. The molecule has 4 rings (SSSR count). The molecule has 4 heterocycles. The molecule has 3 aromatic rings. The molecule has 1 atom stereocenters. The molecular weight excluding hydrogens is 322 g/mol. The van der Waals surface area contributed by atoms with Crippen LogP contribution in [-0.4, -0.2) is 45.9 Å². The van der Waals surface area contributed by atoms with Crippen molar-refractivity contribution in [3.63, 3.8) is 0 Å². The van der Waals surface area contributed by atoms with E-state index in [-0.39, 0.29) is 11.8 Å². The van der Waals surface area contributed by atoms with Crippen LogP contribution in [0.1, 0.15) is 21.8 Å². The maximum Gasteiger partial charge on any atom is 0.174 e. The Labute approximate surface area is 144 Å². The van der Waals surface area contributed by atoms with E-state index in [2.05, 4.69) is 14.3 Å². The minimum atomic E-state index is 0.114. The number of ketones is 1. The van der Waals surface area contributed by atoms with Crippen molar-refractivity contribution in [3.05, 3.63) is 58.7 Å². The fourth-order valence-electron chi connectivity index (χ4n) is 3.15. The monoisotopic (exact) mass is 341 g/mol. The van der Waals surface area contributed by atoms with Crippen molar-refractivity contribution in [1.29, 1.82) is 0 Å². The van der Waals surface area contributed by atoms with E-state index in [0.717, 1.165) is 29.3 Å². The zero-order chi connectivity index (χ0) is 16.4. The number of pyridine rings is 1. The Bertz CT molecular complexity index is 828. The molecule has 0 saturated carbocycles. The molecule has 1 saturated heterocycles. The quantitative estimate of drug-likeness (QED) is 0.670. The van der Waals surface area contributed by atoms with Crippen LogP contribution in [0.2, 0.25) is 0 Å². The Kier molecular flexibility index (Phi) is 4.42. The van der Waals surface area contributed by atoms with Crippen LogP contribution in [-0.2, 0) is 11.3 Å². The predicted molar refractivity (Wildman–Crippen MR) is 93.5 cm³/mol. The topological polar surface area (TPSA) is 46.8 Å². The van der Waals surface area contributed by atoms with Crippen LogP contribution in [0, 0.1) is 0 Å². The van der Waals surface area contributed by atoms with E-state index in [9.17, 15) is 4.79 Å². The maximum absolute atomic E-state index is 12.4. The lowest BCUT2D eigenvalue weighted by Crippen LogP contribution is -2.46. The van der Waals surface area contributed by atoms with Crippen molar-refractivity contribution in [3.8, 4) is 0 Å². The number of hydrogen-bond acceptors (Lipinski definition) is 5. The molecule has 0 radical (unpaired) electrons. The summed E-state index contributed by atoms with van der Waals surface area (Å²) in [5.41, 5.74) is 2.09. The van der Waals surface area contributed by atoms with Crippen LogP contribution in [0.15, 0.2) is 48.1 Å². The molecule has 24 heavy (non-hydrogen) atoms. The van der Waals surface area contributed by atoms with Crippen LogP contribution >= 0.6 is 11.3 Å². The van der Waals surface area contributed by atoms with Gasteiger partial charge in [-0.1, -0.05) is 12.1 Å². The van der Waals surface area contributed by atoms with Gasteiger partial charge in [0.25, 0.3) is 0 Å². The van der Waals surface area contributed by atoms with E-state index in [0.29, 0.717) is 19.6 Å². The summed E-state index contributed by atoms with van der Waals surface area (Å²) in [6.45, 7) is 2.92. The van der Waals surface area contributed by atoms with Gasteiger partial charge in [-0.05, 0) is 23.6 Å². The molecule has 0 spiro atoms. The molecule has 0 amide bonds. The number of thiophene rings is 1. The zero-order valence-corrected chi connectivity index (χ0v) is 14.1. The Morgan fingerprint density at radius 1 is 1.33 bits per heavy atom. The Hall–Kier alpha value is -2.02. The molecule has 0 N–H and O–H groups in total. The minimum absolute atomic E-state index is 0.114. The summed E-state index contributed by atoms with van der Waals surface area (Å²) in [5, 5.41) is 1.95. The first kappa shape index (κ1) is 15.5. The van der Waals surface area contributed by atoms with Gasteiger partial charge < -0.3 is 9.14 Å². The highest BCUT2D eigenvalue weighted by atomic mass is 32.1. The van der Waals surface area contributed by atoms with Crippen molar-refractivity contribution >= 4 is 22.8 Å². The molecule has 5 nitrogen and oxygen atoms in total. The highest BCUT2D eigenvalue weighted by molar-refractivity contribution is 7.12. The third-order valence-electron chi connectivity index (χ3n) is 4.43. The number of Topliss-reactive ketones (excluding diaryl/α,β-unsaturated/α-hetero) is 1. The molecule has 6 heteroatoms. The SMILES string of the molecule is O=C(C[C@H]1COCCN1Cc1cnc2ccccn12)c1cccs1. The number of aromatic nitrogens is 2. The molecule has 0 unspecified atom stereocenters. The van der Waals surface area contributed by atoms with Crippen molar-refractivity contribution < 1.29 is 9.53 Å². The first-order valence-electron chi connectivity index (χ1n) is 8.11. The van der Waals surface area contributed by atoms with Gasteiger partial charge in [-0.3, -0.25) is 9.69 Å². The Balaban J connectivity index is 1.50. The summed E-state index contributed by atoms with van der Waals surface area (Å²) in [6.07, 6.45) is 4.45. The average Bonchev–Trinajstić information content (AvgIpc) is 3.27. The van der Waals surface area contributed by atoms with Gasteiger partial charge in [-0.15, -0.1) is 11.3 Å². The summed E-state index contributed by atoms with van der Waals surface area (Å²) in [4.78, 5) is 20.1. The molecule has 1 fully saturated rings. The molecule has 0 aliphatic carbocycles. The van der Waals surface area contributed by atoms with E-state index < -0.39 is 0 Å². The first-order valence-corrected chi connectivity index (χ1v) is 8.99. The number of fused-ring (bicyclic) bond motifs is 1. The van der Waals surface area contributed by atoms with Gasteiger partial charge in [0.1, 0.15) is 5.65 Å². The van der Waals surface area contributed by atoms with Gasteiger partial charge in [0.05, 0.1) is 30.0 Å². The molecule has 1 aliphatic rings. The van der Waals surface area contributed by atoms with Gasteiger partial charge >= 0.3 is 0 Å². The van der Waals surface area contributed by atoms with Crippen LogP contribution in [0.5, 0.6) is 0 Å². The van der Waals surface area contributed by atoms with Crippen molar-refractivity contribution in [1.82, 2.24) is 14.3 Å². The Morgan fingerprint density at radius 2 is 2.29 bits per heavy atom. The summed E-state index contributed by atoms with van der Waals surface area (Å²) in [6, 6.07) is 9.93. The van der Waals surface area contributed by atoms with E-state index in [4.69, 9.17) is 4.74 Å². The van der Waals surface area contributed by atoms with E-state index in [1.807, 2.05) is 48.1 Å². The highest BCUT2D eigenvalue weighted by Crippen LogP contribution is 2.19. The number of morpholine rings is 1. The minimum Gasteiger partial charge on any atom is -0.378 e. The van der Waals surface area contributed by atoms with Gasteiger partial charge in [-0.25, -0.2) is 4.98 Å². The standard InChI is InChI=1S/C18H19N3O2S/c22-16(17-4-3-9-24-17)10-14-13-23-8-7-20(14)12-15-11-19-18-5-1-2-6-21(15)18/h1-6,9,11,14H,7-8,10,12-13H2/t14-/m0/s1. The Morgan fingerprint density at radius 3 is 3.17 bits per heavy atom. The molecule has 1 aliphatic heterocycles. The molecule has 0 bridgehead atoms. The maximum atomic E-state index is 12.4. The van der Waals surface area contributed by atoms with Gasteiger partial charge in [0.15, 0.2) is 5.78 Å². The average molecular weight is 341 g/mol. The number of hydrogen-bond donors (Lipinski definition) is 0. The van der Waals surface area contributed by atoms with Gasteiger partial charge in [0.2, 0.25) is 0 Å². The van der Waals surface area contributed by atoms with E-state index in [1.54, 1.807) is 0 Å². The zero-order valence-electron chi connectivity index (χ0n) is 13.3. The fraction of sp³-hybridized carbons (Fsp3) is 0.333. The van der Waals surface area contributed by atoms with Gasteiger partial charge in [0, 0.05) is 31.7 Å². The van der Waals surface area contributed by atoms with Crippen LogP contribution in [0.4, 0.5) is 0 Å². The van der Waals surface area contributed by atoms with Gasteiger partial charge in [-0.2, -0.15) is 0 Å². The fourth-order valence-corrected chi connectivity index (χ4v) is 3.82. The largest absolute Gasteiger partial charge is 0.378 e. The molecule has 0 aromatic carbocycles. The molecule has 124 valence electrons. The van der Waals surface area contributed by atoms with Crippen LogP contribution in [0.25, 0.3) is 5.65 Å². The lowest BCUT2D eigenvalue weighted by molar-refractivity contribution is -0.0131.